The van der Waals surface area contributed by atoms with Gasteiger partial charge >= 0.3 is 5.69 Å². The summed E-state index contributed by atoms with van der Waals surface area (Å²) in [5.74, 6) is 0. The summed E-state index contributed by atoms with van der Waals surface area (Å²) >= 11 is 1.77. The number of aromatic nitrogens is 2. The summed E-state index contributed by atoms with van der Waals surface area (Å²) in [6.07, 6.45) is 2.30. The molecule has 0 bridgehead atoms. The molecule has 1 saturated heterocycles. The summed E-state index contributed by atoms with van der Waals surface area (Å²) in [6.45, 7) is 5.09. The number of rotatable bonds is 4. The molecule has 0 spiro atoms. The van der Waals surface area contributed by atoms with Crippen LogP contribution in [0.25, 0.3) is 0 Å². The zero-order valence-electron chi connectivity index (χ0n) is 12.2. The molecule has 0 radical (unpaired) electrons. The van der Waals surface area contributed by atoms with E-state index in [2.05, 4.69) is 27.5 Å². The lowest BCUT2D eigenvalue weighted by atomic mass is 10.2. The molecule has 21 heavy (non-hydrogen) atoms. The standard InChI is InChI=1S/C14H18N4O2S/c1-10-14(18(19)20)11(2)17(15-10)9-16-7-3-5-12(16)13-6-4-8-21-13/h4,6,8,12H,3,5,7,9H2,1-2H3/t12-/m1/s1. The van der Waals surface area contributed by atoms with Crippen LogP contribution in [0, 0.1) is 24.0 Å². The van der Waals surface area contributed by atoms with Gasteiger partial charge in [-0.2, -0.15) is 5.10 Å². The van der Waals surface area contributed by atoms with Crippen molar-refractivity contribution in [3.63, 3.8) is 0 Å². The second-order valence-corrected chi connectivity index (χ2v) is 6.38. The third kappa shape index (κ3) is 2.58. The van der Waals surface area contributed by atoms with Crippen LogP contribution in [0.2, 0.25) is 0 Å². The predicted molar refractivity (Wildman–Crippen MR) is 81.4 cm³/mol. The number of likely N-dealkylation sites (tertiary alicyclic amines) is 1. The second-order valence-electron chi connectivity index (χ2n) is 5.40. The molecule has 3 heterocycles. The Hall–Kier alpha value is -1.73. The van der Waals surface area contributed by atoms with Gasteiger partial charge in [-0.1, -0.05) is 6.07 Å². The van der Waals surface area contributed by atoms with E-state index in [1.807, 2.05) is 0 Å². The molecule has 0 aromatic carbocycles. The van der Waals surface area contributed by atoms with Crippen LogP contribution in [0.1, 0.15) is 35.1 Å². The van der Waals surface area contributed by atoms with Crippen molar-refractivity contribution < 1.29 is 4.92 Å². The minimum Gasteiger partial charge on any atom is -0.276 e. The molecule has 0 amide bonds. The topological polar surface area (TPSA) is 64.2 Å². The van der Waals surface area contributed by atoms with Gasteiger partial charge in [-0.25, -0.2) is 4.68 Å². The molecule has 1 aliphatic heterocycles. The van der Waals surface area contributed by atoms with Crippen molar-refractivity contribution in [1.29, 1.82) is 0 Å². The molecule has 6 nitrogen and oxygen atoms in total. The second kappa shape index (κ2) is 5.57. The van der Waals surface area contributed by atoms with Gasteiger partial charge in [0.05, 0.1) is 11.6 Å². The SMILES string of the molecule is Cc1nn(CN2CCC[C@@H]2c2cccs2)c(C)c1[N+](=O)[O-]. The maximum absolute atomic E-state index is 11.1. The largest absolute Gasteiger partial charge is 0.312 e. The average Bonchev–Trinajstić information content (AvgIpc) is 3.11. The van der Waals surface area contributed by atoms with E-state index in [1.165, 1.54) is 4.88 Å². The third-order valence-corrected chi connectivity index (χ3v) is 5.05. The highest BCUT2D eigenvalue weighted by Gasteiger charge is 2.29. The number of thiophene rings is 1. The summed E-state index contributed by atoms with van der Waals surface area (Å²) in [7, 11) is 0. The Balaban J connectivity index is 1.83. The molecule has 1 aliphatic rings. The number of aryl methyl sites for hydroxylation is 1. The van der Waals surface area contributed by atoms with Crippen molar-refractivity contribution in [1.82, 2.24) is 14.7 Å². The molecule has 0 unspecified atom stereocenters. The van der Waals surface area contributed by atoms with Crippen molar-refractivity contribution >= 4 is 17.0 Å². The van der Waals surface area contributed by atoms with Crippen LogP contribution in [-0.4, -0.2) is 26.1 Å². The lowest BCUT2D eigenvalue weighted by Crippen LogP contribution is -2.27. The Labute approximate surface area is 127 Å². The quantitative estimate of drug-likeness (QED) is 0.642. The lowest BCUT2D eigenvalue weighted by Gasteiger charge is -2.23. The molecular formula is C14H18N4O2S. The number of hydrogen-bond donors (Lipinski definition) is 0. The summed E-state index contributed by atoms with van der Waals surface area (Å²) in [5.41, 5.74) is 1.26. The number of hydrogen-bond acceptors (Lipinski definition) is 5. The van der Waals surface area contributed by atoms with Gasteiger partial charge in [-0.3, -0.25) is 15.0 Å². The van der Waals surface area contributed by atoms with Crippen LogP contribution >= 0.6 is 11.3 Å². The van der Waals surface area contributed by atoms with Gasteiger partial charge in [0.2, 0.25) is 0 Å². The summed E-state index contributed by atoms with van der Waals surface area (Å²) in [5, 5.41) is 17.5. The van der Waals surface area contributed by atoms with E-state index in [0.717, 1.165) is 19.4 Å². The Kier molecular flexibility index (Phi) is 3.77. The highest BCUT2D eigenvalue weighted by molar-refractivity contribution is 7.10. The van der Waals surface area contributed by atoms with E-state index in [-0.39, 0.29) is 10.6 Å². The minimum atomic E-state index is -0.338. The Morgan fingerprint density at radius 1 is 1.52 bits per heavy atom. The molecule has 2 aromatic heterocycles. The van der Waals surface area contributed by atoms with E-state index < -0.39 is 0 Å². The number of nitro groups is 1. The van der Waals surface area contributed by atoms with Crippen LogP contribution in [0.4, 0.5) is 5.69 Å². The fraction of sp³-hybridized carbons (Fsp3) is 0.500. The van der Waals surface area contributed by atoms with Crippen LogP contribution in [-0.2, 0) is 6.67 Å². The Bertz CT molecular complexity index is 650. The van der Waals surface area contributed by atoms with Gasteiger partial charge in [0.1, 0.15) is 11.4 Å². The first-order valence-electron chi connectivity index (χ1n) is 7.03. The van der Waals surface area contributed by atoms with E-state index in [0.29, 0.717) is 24.1 Å². The highest BCUT2D eigenvalue weighted by Crippen LogP contribution is 2.35. The molecule has 7 heteroatoms. The van der Waals surface area contributed by atoms with Crippen molar-refractivity contribution in [3.8, 4) is 0 Å². The fourth-order valence-electron chi connectivity index (χ4n) is 3.06. The van der Waals surface area contributed by atoms with Crippen molar-refractivity contribution in [3.05, 3.63) is 43.9 Å². The molecule has 2 aromatic rings. The number of nitrogens with zero attached hydrogens (tertiary/aromatic N) is 4. The average molecular weight is 306 g/mol. The van der Waals surface area contributed by atoms with Crippen molar-refractivity contribution in [2.45, 2.75) is 39.4 Å². The van der Waals surface area contributed by atoms with Crippen molar-refractivity contribution in [2.24, 2.45) is 0 Å². The van der Waals surface area contributed by atoms with E-state index in [9.17, 15) is 10.1 Å². The predicted octanol–water partition coefficient (Wildman–Crippen LogP) is 3.26. The van der Waals surface area contributed by atoms with E-state index >= 15 is 0 Å². The minimum absolute atomic E-state index is 0.141. The van der Waals surface area contributed by atoms with Crippen LogP contribution in [0.15, 0.2) is 17.5 Å². The highest BCUT2D eigenvalue weighted by atomic mass is 32.1. The normalized spacial score (nSPS) is 19.2. The van der Waals surface area contributed by atoms with Crippen molar-refractivity contribution in [2.75, 3.05) is 6.54 Å². The van der Waals surface area contributed by atoms with Crippen LogP contribution in [0.5, 0.6) is 0 Å². The molecule has 1 atom stereocenters. The lowest BCUT2D eigenvalue weighted by molar-refractivity contribution is -0.386. The van der Waals surface area contributed by atoms with Gasteiger partial charge in [-0.15, -0.1) is 11.3 Å². The molecule has 3 rings (SSSR count). The van der Waals surface area contributed by atoms with Gasteiger partial charge in [0, 0.05) is 17.5 Å². The maximum Gasteiger partial charge on any atom is 0.312 e. The Morgan fingerprint density at radius 3 is 2.95 bits per heavy atom. The Morgan fingerprint density at radius 2 is 2.33 bits per heavy atom. The van der Waals surface area contributed by atoms with Crippen LogP contribution < -0.4 is 0 Å². The zero-order chi connectivity index (χ0) is 15.0. The summed E-state index contributed by atoms with van der Waals surface area (Å²) in [4.78, 5) is 14.5. The first-order chi connectivity index (χ1) is 10.1. The third-order valence-electron chi connectivity index (χ3n) is 4.08. The molecule has 1 fully saturated rings. The molecule has 0 N–H and O–H groups in total. The van der Waals surface area contributed by atoms with Gasteiger partial charge in [0.15, 0.2) is 0 Å². The van der Waals surface area contributed by atoms with E-state index in [4.69, 9.17) is 0 Å². The monoisotopic (exact) mass is 306 g/mol. The molecule has 112 valence electrons. The smallest absolute Gasteiger partial charge is 0.276 e. The van der Waals surface area contributed by atoms with Gasteiger partial charge < -0.3 is 0 Å². The zero-order valence-corrected chi connectivity index (χ0v) is 13.0. The molecular weight excluding hydrogens is 288 g/mol. The maximum atomic E-state index is 11.1. The molecule has 0 saturated carbocycles. The summed E-state index contributed by atoms with van der Waals surface area (Å²) in [6, 6.07) is 4.65. The first-order valence-corrected chi connectivity index (χ1v) is 7.91. The fourth-order valence-corrected chi connectivity index (χ4v) is 3.96. The van der Waals surface area contributed by atoms with Gasteiger partial charge in [-0.05, 0) is 38.1 Å². The molecule has 0 aliphatic carbocycles. The van der Waals surface area contributed by atoms with E-state index in [1.54, 1.807) is 29.9 Å². The van der Waals surface area contributed by atoms with Crippen LogP contribution in [0.3, 0.4) is 0 Å². The summed E-state index contributed by atoms with van der Waals surface area (Å²) < 4.78 is 1.76. The van der Waals surface area contributed by atoms with Gasteiger partial charge in [0.25, 0.3) is 0 Å². The first kappa shape index (κ1) is 14.2.